The Labute approximate surface area is 319 Å². The van der Waals surface area contributed by atoms with Gasteiger partial charge in [-0.1, -0.05) is 218 Å². The van der Waals surface area contributed by atoms with Crippen molar-refractivity contribution in [1.82, 2.24) is 0 Å². The van der Waals surface area contributed by atoms with Gasteiger partial charge in [-0.15, -0.1) is 0 Å². The Bertz CT molecular complexity index is 2280. The van der Waals surface area contributed by atoms with Gasteiger partial charge in [0.05, 0.1) is 0 Å². The molecular formula is C54H42. The van der Waals surface area contributed by atoms with Crippen LogP contribution in [0.1, 0.15) is 45.2 Å². The van der Waals surface area contributed by atoms with Gasteiger partial charge in [-0.3, -0.25) is 0 Å². The van der Waals surface area contributed by atoms with E-state index in [4.69, 9.17) is 0 Å². The number of rotatable bonds is 10. The maximum atomic E-state index is 2.34. The maximum Gasteiger partial charge on any atom is 0.0130 e. The van der Waals surface area contributed by atoms with E-state index in [1.165, 1.54) is 77.2 Å². The standard InChI is InChI=1S/C54H42/c1-5-17-41(18-6-1)51(42-19-7-2-8-20-42)37-39-29-33-45(34-30-39)53-47-25-13-15-27-49(47)54(50-28-16-14-26-48(50)53)46-35-31-40(32-36-46)38-52(43-21-9-3-10-22-43)44-23-11-4-12-24-44/h1-36,51-52H,37-38H2. The molecule has 0 saturated carbocycles. The van der Waals surface area contributed by atoms with Crippen molar-refractivity contribution < 1.29 is 0 Å². The lowest BCUT2D eigenvalue weighted by Gasteiger charge is -2.20. The molecular weight excluding hydrogens is 649 g/mol. The van der Waals surface area contributed by atoms with Gasteiger partial charge in [0.1, 0.15) is 0 Å². The molecule has 9 aromatic rings. The fraction of sp³-hybridized carbons (Fsp3) is 0.0741. The summed E-state index contributed by atoms with van der Waals surface area (Å²) in [6.07, 6.45) is 1.89. The summed E-state index contributed by atoms with van der Waals surface area (Å²) in [6.45, 7) is 0. The SMILES string of the molecule is c1ccc(C(Cc2ccc(-c3c4ccccc4c(-c4ccc(CC(c5ccccc5)c5ccccc5)cc4)c4ccccc34)cc2)c2ccccc2)cc1. The molecule has 0 unspecified atom stereocenters. The van der Waals surface area contributed by atoms with E-state index in [0.29, 0.717) is 11.8 Å². The highest BCUT2D eigenvalue weighted by Crippen LogP contribution is 2.44. The average Bonchev–Trinajstić information content (AvgIpc) is 3.25. The first kappa shape index (κ1) is 33.3. The van der Waals surface area contributed by atoms with Crippen LogP contribution in [0.4, 0.5) is 0 Å². The van der Waals surface area contributed by atoms with Crippen molar-refractivity contribution >= 4 is 21.5 Å². The van der Waals surface area contributed by atoms with E-state index in [9.17, 15) is 0 Å². The molecule has 54 heavy (non-hydrogen) atoms. The van der Waals surface area contributed by atoms with Gasteiger partial charge in [-0.25, -0.2) is 0 Å². The number of hydrogen-bond donors (Lipinski definition) is 0. The molecule has 0 heteroatoms. The Morgan fingerprint density at radius 3 is 0.741 bits per heavy atom. The second-order valence-electron chi connectivity index (χ2n) is 14.4. The summed E-state index contributed by atoms with van der Waals surface area (Å²) in [5.74, 6) is 0.598. The van der Waals surface area contributed by atoms with Crippen LogP contribution in [0.3, 0.4) is 0 Å². The Morgan fingerprint density at radius 2 is 0.481 bits per heavy atom. The van der Waals surface area contributed by atoms with Crippen molar-refractivity contribution in [2.75, 3.05) is 0 Å². The molecule has 0 saturated heterocycles. The van der Waals surface area contributed by atoms with E-state index in [2.05, 4.69) is 218 Å². The smallest absolute Gasteiger partial charge is 0.0130 e. The van der Waals surface area contributed by atoms with E-state index in [1.54, 1.807) is 0 Å². The summed E-state index contributed by atoms with van der Waals surface area (Å²) in [7, 11) is 0. The third kappa shape index (κ3) is 6.75. The minimum atomic E-state index is 0.299. The highest BCUT2D eigenvalue weighted by atomic mass is 14.2. The molecule has 0 heterocycles. The number of fused-ring (bicyclic) bond motifs is 2. The summed E-state index contributed by atoms with van der Waals surface area (Å²) >= 11 is 0. The Balaban J connectivity index is 1.08. The van der Waals surface area contributed by atoms with E-state index >= 15 is 0 Å². The number of benzene rings is 9. The van der Waals surface area contributed by atoms with Gasteiger partial charge < -0.3 is 0 Å². The zero-order chi connectivity index (χ0) is 36.1. The summed E-state index contributed by atoms with van der Waals surface area (Å²) < 4.78 is 0. The summed E-state index contributed by atoms with van der Waals surface area (Å²) in [6, 6.07) is 80.2. The van der Waals surface area contributed by atoms with Gasteiger partial charge in [0.25, 0.3) is 0 Å². The van der Waals surface area contributed by atoms with E-state index < -0.39 is 0 Å². The largest absolute Gasteiger partial charge is 0.0622 e. The van der Waals surface area contributed by atoms with Gasteiger partial charge in [0, 0.05) is 11.8 Å². The second-order valence-corrected chi connectivity index (χ2v) is 14.4. The molecule has 0 aliphatic carbocycles. The predicted octanol–water partition coefficient (Wildman–Crippen LogP) is 14.1. The number of hydrogen-bond acceptors (Lipinski definition) is 0. The van der Waals surface area contributed by atoms with Gasteiger partial charge in [0.15, 0.2) is 0 Å². The van der Waals surface area contributed by atoms with E-state index in [-0.39, 0.29) is 0 Å². The molecule has 0 aromatic heterocycles. The molecule has 0 radical (unpaired) electrons. The van der Waals surface area contributed by atoms with Crippen LogP contribution in [0.15, 0.2) is 218 Å². The molecule has 0 spiro atoms. The first-order chi connectivity index (χ1) is 26.8. The van der Waals surface area contributed by atoms with Gasteiger partial charge in [-0.2, -0.15) is 0 Å². The third-order valence-corrected chi connectivity index (χ3v) is 11.1. The van der Waals surface area contributed by atoms with Gasteiger partial charge in [0.2, 0.25) is 0 Å². The van der Waals surface area contributed by atoms with Crippen molar-refractivity contribution in [3.8, 4) is 22.3 Å². The lowest BCUT2D eigenvalue weighted by Crippen LogP contribution is -2.05. The highest BCUT2D eigenvalue weighted by molar-refractivity contribution is 6.21. The maximum absolute atomic E-state index is 2.34. The summed E-state index contributed by atoms with van der Waals surface area (Å²) in [5, 5.41) is 5.12. The fourth-order valence-electron chi connectivity index (χ4n) is 8.43. The molecule has 0 aliphatic heterocycles. The predicted molar refractivity (Wildman–Crippen MR) is 229 cm³/mol. The molecule has 0 nitrogen and oxygen atoms in total. The van der Waals surface area contributed by atoms with E-state index in [1.807, 2.05) is 0 Å². The van der Waals surface area contributed by atoms with Crippen molar-refractivity contribution in [2.24, 2.45) is 0 Å². The zero-order valence-electron chi connectivity index (χ0n) is 30.4. The van der Waals surface area contributed by atoms with Gasteiger partial charge in [-0.05, 0) is 90.0 Å². The monoisotopic (exact) mass is 690 g/mol. The van der Waals surface area contributed by atoms with Crippen molar-refractivity contribution in [1.29, 1.82) is 0 Å². The minimum absolute atomic E-state index is 0.299. The lowest BCUT2D eigenvalue weighted by atomic mass is 9.83. The molecule has 9 rings (SSSR count). The quantitative estimate of drug-likeness (QED) is 0.125. The van der Waals surface area contributed by atoms with E-state index in [0.717, 1.165) is 12.8 Å². The molecule has 0 atom stereocenters. The summed E-state index contributed by atoms with van der Waals surface area (Å²) in [4.78, 5) is 0. The average molecular weight is 691 g/mol. The Kier molecular flexibility index (Phi) is 9.41. The topological polar surface area (TPSA) is 0 Å². The third-order valence-electron chi connectivity index (χ3n) is 11.1. The molecule has 258 valence electrons. The first-order valence-corrected chi connectivity index (χ1v) is 19.1. The van der Waals surface area contributed by atoms with Crippen molar-refractivity contribution in [3.05, 3.63) is 252 Å². The van der Waals surface area contributed by atoms with Crippen LogP contribution in [0.2, 0.25) is 0 Å². The van der Waals surface area contributed by atoms with Crippen LogP contribution >= 0.6 is 0 Å². The molecule has 0 amide bonds. The molecule has 0 fully saturated rings. The fourth-order valence-corrected chi connectivity index (χ4v) is 8.43. The van der Waals surface area contributed by atoms with Crippen LogP contribution in [-0.4, -0.2) is 0 Å². The van der Waals surface area contributed by atoms with Crippen LogP contribution < -0.4 is 0 Å². The van der Waals surface area contributed by atoms with Crippen molar-refractivity contribution in [3.63, 3.8) is 0 Å². The lowest BCUT2D eigenvalue weighted by molar-refractivity contribution is 0.805. The van der Waals surface area contributed by atoms with Crippen molar-refractivity contribution in [2.45, 2.75) is 24.7 Å². The zero-order valence-corrected chi connectivity index (χ0v) is 30.4. The highest BCUT2D eigenvalue weighted by Gasteiger charge is 2.19. The van der Waals surface area contributed by atoms with Crippen LogP contribution in [0.25, 0.3) is 43.8 Å². The van der Waals surface area contributed by atoms with Crippen LogP contribution in [0.5, 0.6) is 0 Å². The Hall–Kier alpha value is -6.50. The molecule has 0 N–H and O–H groups in total. The molecule has 0 aliphatic rings. The first-order valence-electron chi connectivity index (χ1n) is 19.1. The minimum Gasteiger partial charge on any atom is -0.0622 e. The van der Waals surface area contributed by atoms with Crippen LogP contribution in [-0.2, 0) is 12.8 Å². The molecule has 9 aromatic carbocycles. The Morgan fingerprint density at radius 1 is 0.241 bits per heavy atom. The normalized spacial score (nSPS) is 11.4. The second kappa shape index (κ2) is 15.2. The molecule has 0 bridgehead atoms. The summed E-state index contributed by atoms with van der Waals surface area (Å²) in [5.41, 5.74) is 13.1. The van der Waals surface area contributed by atoms with Gasteiger partial charge >= 0.3 is 0 Å². The van der Waals surface area contributed by atoms with Crippen LogP contribution in [0, 0.1) is 0 Å².